The van der Waals surface area contributed by atoms with E-state index in [0.717, 1.165) is 22.6 Å². The van der Waals surface area contributed by atoms with Crippen molar-refractivity contribution in [1.29, 1.82) is 0 Å². The molecule has 3 rings (SSSR count). The summed E-state index contributed by atoms with van der Waals surface area (Å²) < 4.78 is 7.35. The second-order valence-corrected chi connectivity index (χ2v) is 6.45. The number of hydrogen-bond donors (Lipinski definition) is 0. The van der Waals surface area contributed by atoms with Gasteiger partial charge in [-0.15, -0.1) is 0 Å². The zero-order valence-corrected chi connectivity index (χ0v) is 15.9. The van der Waals surface area contributed by atoms with Gasteiger partial charge >= 0.3 is 0 Å². The smallest absolute Gasteiger partial charge is 0.271 e. The van der Waals surface area contributed by atoms with E-state index in [1.165, 1.54) is 19.2 Å². The van der Waals surface area contributed by atoms with Gasteiger partial charge < -0.3 is 9.30 Å². The van der Waals surface area contributed by atoms with E-state index in [1.54, 1.807) is 12.3 Å². The van der Waals surface area contributed by atoms with Crippen molar-refractivity contribution in [3.8, 4) is 11.4 Å². The Morgan fingerprint density at radius 2 is 1.85 bits per heavy atom. The number of benzene rings is 2. The van der Waals surface area contributed by atoms with Crippen LogP contribution >= 0.6 is 11.6 Å². The maximum Gasteiger partial charge on any atom is 0.271 e. The molecule has 1 aromatic heterocycles. The van der Waals surface area contributed by atoms with Crippen LogP contribution in [-0.4, -0.2) is 22.8 Å². The van der Waals surface area contributed by atoms with E-state index in [2.05, 4.69) is 9.56 Å². The van der Waals surface area contributed by atoms with Crippen LogP contribution < -0.4 is 4.74 Å². The molecule has 3 aromatic rings. The average molecular weight is 384 g/mol. The number of halogens is 1. The summed E-state index contributed by atoms with van der Waals surface area (Å²) in [4.78, 5) is 15.0. The van der Waals surface area contributed by atoms with E-state index < -0.39 is 4.92 Å². The fraction of sp³-hybridized carbons (Fsp3) is 0.150. The fourth-order valence-electron chi connectivity index (χ4n) is 2.94. The molecule has 0 N–H and O–H groups in total. The molecule has 0 unspecified atom stereocenters. The molecule has 0 radical (unpaired) electrons. The standard InChI is InChI=1S/C20H18ClN3O3/c1-13-10-15(14(2)23(13)17-6-4-16(21)5-7-17)12-22-19-11-18(24(25)26)8-9-20(19)27-3/h4-12H,1-3H3. The van der Waals surface area contributed by atoms with Gasteiger partial charge in [-0.2, -0.15) is 0 Å². The van der Waals surface area contributed by atoms with Crippen LogP contribution in [0.3, 0.4) is 0 Å². The number of non-ortho nitro benzene ring substituents is 1. The van der Waals surface area contributed by atoms with Crippen molar-refractivity contribution in [2.75, 3.05) is 7.11 Å². The largest absolute Gasteiger partial charge is 0.494 e. The molecule has 1 heterocycles. The Kier molecular flexibility index (Phi) is 5.28. The lowest BCUT2D eigenvalue weighted by atomic mass is 10.2. The third kappa shape index (κ3) is 3.85. The quantitative estimate of drug-likeness (QED) is 0.336. The van der Waals surface area contributed by atoms with E-state index in [0.29, 0.717) is 16.5 Å². The second-order valence-electron chi connectivity index (χ2n) is 6.01. The zero-order chi connectivity index (χ0) is 19.6. The van der Waals surface area contributed by atoms with Crippen molar-refractivity contribution in [3.05, 3.63) is 80.6 Å². The molecule has 0 aliphatic rings. The molecule has 0 spiro atoms. The first kappa shape index (κ1) is 18.7. The van der Waals surface area contributed by atoms with Gasteiger partial charge in [-0.25, -0.2) is 0 Å². The van der Waals surface area contributed by atoms with Gasteiger partial charge in [0.15, 0.2) is 0 Å². The van der Waals surface area contributed by atoms with Crippen molar-refractivity contribution in [2.24, 2.45) is 4.99 Å². The zero-order valence-electron chi connectivity index (χ0n) is 15.1. The number of aromatic nitrogens is 1. The molecule has 0 saturated heterocycles. The molecule has 6 nitrogen and oxygen atoms in total. The predicted molar refractivity (Wildman–Crippen MR) is 107 cm³/mol. The molecule has 0 saturated carbocycles. The first-order valence-electron chi connectivity index (χ1n) is 8.22. The third-order valence-electron chi connectivity index (χ3n) is 4.27. The highest BCUT2D eigenvalue weighted by molar-refractivity contribution is 6.30. The molecule has 0 bridgehead atoms. The minimum Gasteiger partial charge on any atom is -0.494 e. The average Bonchev–Trinajstić information content (AvgIpc) is 2.94. The summed E-state index contributed by atoms with van der Waals surface area (Å²) in [6.07, 6.45) is 1.69. The highest BCUT2D eigenvalue weighted by Crippen LogP contribution is 2.31. The molecule has 0 amide bonds. The van der Waals surface area contributed by atoms with Crippen molar-refractivity contribution in [2.45, 2.75) is 13.8 Å². The predicted octanol–water partition coefficient (Wildman–Crippen LogP) is 5.41. The number of ether oxygens (including phenoxy) is 1. The molecule has 2 aromatic carbocycles. The molecule has 138 valence electrons. The van der Waals surface area contributed by atoms with Gasteiger partial charge in [0.25, 0.3) is 5.69 Å². The monoisotopic (exact) mass is 383 g/mol. The lowest BCUT2D eigenvalue weighted by molar-refractivity contribution is -0.384. The van der Waals surface area contributed by atoms with Gasteiger partial charge in [0.1, 0.15) is 11.4 Å². The molecular formula is C20H18ClN3O3. The van der Waals surface area contributed by atoms with E-state index in [4.69, 9.17) is 16.3 Å². The Morgan fingerprint density at radius 3 is 2.48 bits per heavy atom. The summed E-state index contributed by atoms with van der Waals surface area (Å²) in [5, 5.41) is 11.7. The maximum atomic E-state index is 11.0. The van der Waals surface area contributed by atoms with Crippen LogP contribution in [0.5, 0.6) is 5.75 Å². The minimum absolute atomic E-state index is 0.0328. The summed E-state index contributed by atoms with van der Waals surface area (Å²) in [5.74, 6) is 0.475. The van der Waals surface area contributed by atoms with Crippen molar-refractivity contribution >= 4 is 29.2 Å². The molecule has 0 fully saturated rings. The van der Waals surface area contributed by atoms with Crippen LogP contribution in [0, 0.1) is 24.0 Å². The number of hydrogen-bond acceptors (Lipinski definition) is 4. The van der Waals surface area contributed by atoms with Gasteiger partial charge in [-0.05, 0) is 50.2 Å². The molecule has 0 aliphatic carbocycles. The third-order valence-corrected chi connectivity index (χ3v) is 4.52. The molecular weight excluding hydrogens is 366 g/mol. The number of aryl methyl sites for hydroxylation is 1. The van der Waals surface area contributed by atoms with E-state index in [-0.39, 0.29) is 5.69 Å². The fourth-order valence-corrected chi connectivity index (χ4v) is 3.06. The van der Waals surface area contributed by atoms with E-state index in [1.807, 2.05) is 44.2 Å². The number of nitrogens with zero attached hydrogens (tertiary/aromatic N) is 3. The van der Waals surface area contributed by atoms with Crippen molar-refractivity contribution < 1.29 is 9.66 Å². The second kappa shape index (κ2) is 7.63. The number of aliphatic imine (C=N–C) groups is 1. The van der Waals surface area contributed by atoms with Gasteiger partial charge in [0.2, 0.25) is 0 Å². The highest BCUT2D eigenvalue weighted by atomic mass is 35.5. The summed E-state index contributed by atoms with van der Waals surface area (Å²) in [6, 6.07) is 13.9. The van der Waals surface area contributed by atoms with Gasteiger partial charge in [0, 0.05) is 46.0 Å². The lowest BCUT2D eigenvalue weighted by Gasteiger charge is -2.09. The lowest BCUT2D eigenvalue weighted by Crippen LogP contribution is -1.99. The summed E-state index contributed by atoms with van der Waals surface area (Å²) in [5.41, 5.74) is 4.33. The Morgan fingerprint density at radius 1 is 1.15 bits per heavy atom. The van der Waals surface area contributed by atoms with Crippen molar-refractivity contribution in [1.82, 2.24) is 4.57 Å². The summed E-state index contributed by atoms with van der Waals surface area (Å²) in [6.45, 7) is 4.00. The Balaban J connectivity index is 1.99. The van der Waals surface area contributed by atoms with Crippen LogP contribution in [0.25, 0.3) is 5.69 Å². The van der Waals surface area contributed by atoms with Gasteiger partial charge in [-0.1, -0.05) is 11.6 Å². The van der Waals surface area contributed by atoms with Crippen LogP contribution in [0.2, 0.25) is 5.02 Å². The van der Waals surface area contributed by atoms with Crippen LogP contribution in [-0.2, 0) is 0 Å². The number of nitro groups is 1. The first-order chi connectivity index (χ1) is 12.9. The number of rotatable bonds is 5. The van der Waals surface area contributed by atoms with Crippen LogP contribution in [0.4, 0.5) is 11.4 Å². The van der Waals surface area contributed by atoms with Gasteiger partial charge in [0.05, 0.1) is 12.0 Å². The van der Waals surface area contributed by atoms with Crippen molar-refractivity contribution in [3.63, 3.8) is 0 Å². The normalized spacial score (nSPS) is 11.1. The molecule has 0 aliphatic heterocycles. The Bertz CT molecular complexity index is 1020. The molecule has 0 atom stereocenters. The Labute approximate surface area is 161 Å². The molecule has 27 heavy (non-hydrogen) atoms. The number of nitro benzene ring substituents is 1. The first-order valence-corrected chi connectivity index (χ1v) is 8.60. The van der Waals surface area contributed by atoms with E-state index >= 15 is 0 Å². The SMILES string of the molecule is COc1ccc([N+](=O)[O-])cc1N=Cc1cc(C)n(-c2ccc(Cl)cc2)c1C. The minimum atomic E-state index is -0.454. The van der Waals surface area contributed by atoms with Crippen LogP contribution in [0.15, 0.2) is 53.5 Å². The topological polar surface area (TPSA) is 69.7 Å². The molecule has 7 heteroatoms. The van der Waals surface area contributed by atoms with E-state index in [9.17, 15) is 10.1 Å². The Hall–Kier alpha value is -3.12. The maximum absolute atomic E-state index is 11.0. The summed E-state index contributed by atoms with van der Waals surface area (Å²) >= 11 is 5.97. The summed E-state index contributed by atoms with van der Waals surface area (Å²) in [7, 11) is 1.51. The van der Waals surface area contributed by atoms with Crippen LogP contribution in [0.1, 0.15) is 17.0 Å². The number of methoxy groups -OCH3 is 1. The van der Waals surface area contributed by atoms with Gasteiger partial charge in [-0.3, -0.25) is 15.1 Å². The highest BCUT2D eigenvalue weighted by Gasteiger charge is 2.12.